The van der Waals surface area contributed by atoms with Crippen LogP contribution in [0.1, 0.15) is 18.5 Å². The highest BCUT2D eigenvalue weighted by Crippen LogP contribution is 2.19. The molecule has 1 aromatic carbocycles. The fraction of sp³-hybridized carbons (Fsp3) is 0.538. The van der Waals surface area contributed by atoms with Gasteiger partial charge in [0.15, 0.2) is 0 Å². The Morgan fingerprint density at radius 3 is 2.12 bits per heavy atom. The first-order chi connectivity index (χ1) is 7.66. The largest absolute Gasteiger partial charge is 0.369 e. The number of anilines is 1. The van der Waals surface area contributed by atoms with Crippen molar-refractivity contribution in [2.75, 3.05) is 38.1 Å². The maximum Gasteiger partial charge on any atom is 0.0367 e. The smallest absolute Gasteiger partial charge is 0.0367 e. The van der Waals surface area contributed by atoms with Gasteiger partial charge in [-0.1, -0.05) is 12.1 Å². The topological polar surface area (TPSA) is 32.5 Å². The summed E-state index contributed by atoms with van der Waals surface area (Å²) in [7, 11) is 2.18. The lowest BCUT2D eigenvalue weighted by Crippen LogP contribution is -2.44. The second kappa shape index (κ2) is 4.85. The summed E-state index contributed by atoms with van der Waals surface area (Å²) in [5.74, 6) is 0. The molecule has 0 aromatic heterocycles. The summed E-state index contributed by atoms with van der Waals surface area (Å²) in [4.78, 5) is 4.80. The molecule has 1 atom stereocenters. The van der Waals surface area contributed by atoms with Crippen LogP contribution < -0.4 is 10.6 Å². The normalized spacial score (nSPS) is 19.8. The Bertz CT molecular complexity index is 324. The molecule has 1 aromatic rings. The first kappa shape index (κ1) is 11.4. The lowest BCUT2D eigenvalue weighted by molar-refractivity contribution is 0.313. The Hall–Kier alpha value is -1.06. The van der Waals surface area contributed by atoms with Crippen LogP contribution in [0.2, 0.25) is 0 Å². The predicted octanol–water partition coefficient (Wildman–Crippen LogP) is 1.46. The van der Waals surface area contributed by atoms with Crippen LogP contribution in [0.15, 0.2) is 24.3 Å². The number of hydrogen-bond donors (Lipinski definition) is 1. The number of likely N-dealkylation sites (N-methyl/N-ethyl adjacent to an activating group) is 1. The molecule has 88 valence electrons. The van der Waals surface area contributed by atoms with E-state index in [1.54, 1.807) is 0 Å². The van der Waals surface area contributed by atoms with Crippen LogP contribution in [-0.4, -0.2) is 38.1 Å². The fourth-order valence-electron chi connectivity index (χ4n) is 2.05. The van der Waals surface area contributed by atoms with E-state index in [-0.39, 0.29) is 6.04 Å². The van der Waals surface area contributed by atoms with Gasteiger partial charge in [-0.25, -0.2) is 0 Å². The van der Waals surface area contributed by atoms with Crippen molar-refractivity contribution in [1.29, 1.82) is 0 Å². The number of nitrogens with two attached hydrogens (primary N) is 1. The molecule has 2 N–H and O–H groups in total. The molecule has 1 saturated heterocycles. The van der Waals surface area contributed by atoms with Crippen molar-refractivity contribution in [3.8, 4) is 0 Å². The standard InChI is InChI=1S/C13H21N3/c1-11(14)12-3-5-13(6-4-12)16-9-7-15(2)8-10-16/h3-6,11H,7-10,14H2,1-2H3. The summed E-state index contributed by atoms with van der Waals surface area (Å²) in [6.07, 6.45) is 0. The summed E-state index contributed by atoms with van der Waals surface area (Å²) in [5.41, 5.74) is 8.36. The van der Waals surface area contributed by atoms with Crippen molar-refractivity contribution in [3.05, 3.63) is 29.8 Å². The minimum atomic E-state index is 0.126. The minimum absolute atomic E-state index is 0.126. The van der Waals surface area contributed by atoms with E-state index in [0.717, 1.165) is 26.2 Å². The van der Waals surface area contributed by atoms with E-state index in [0.29, 0.717) is 0 Å². The maximum atomic E-state index is 5.84. The number of piperazine rings is 1. The highest BCUT2D eigenvalue weighted by molar-refractivity contribution is 5.48. The number of nitrogens with zero attached hydrogens (tertiary/aromatic N) is 2. The van der Waals surface area contributed by atoms with Gasteiger partial charge in [-0.3, -0.25) is 0 Å². The van der Waals surface area contributed by atoms with E-state index in [2.05, 4.69) is 41.1 Å². The van der Waals surface area contributed by atoms with Crippen molar-refractivity contribution in [3.63, 3.8) is 0 Å². The van der Waals surface area contributed by atoms with E-state index in [1.807, 2.05) is 6.92 Å². The molecular formula is C13H21N3. The summed E-state index contributed by atoms with van der Waals surface area (Å²) in [6, 6.07) is 8.77. The van der Waals surface area contributed by atoms with Crippen molar-refractivity contribution in [1.82, 2.24) is 4.90 Å². The van der Waals surface area contributed by atoms with Crippen LogP contribution in [0.5, 0.6) is 0 Å². The lowest BCUT2D eigenvalue weighted by atomic mass is 10.1. The molecule has 0 radical (unpaired) electrons. The molecule has 0 amide bonds. The molecule has 3 nitrogen and oxygen atoms in total. The van der Waals surface area contributed by atoms with Crippen LogP contribution in [-0.2, 0) is 0 Å². The number of hydrogen-bond acceptors (Lipinski definition) is 3. The molecule has 1 aliphatic heterocycles. The van der Waals surface area contributed by atoms with Gasteiger partial charge in [0.1, 0.15) is 0 Å². The van der Waals surface area contributed by atoms with Crippen molar-refractivity contribution < 1.29 is 0 Å². The Labute approximate surface area is 97.8 Å². The second-order valence-corrected chi connectivity index (χ2v) is 4.67. The molecule has 1 heterocycles. The predicted molar refractivity (Wildman–Crippen MR) is 68.8 cm³/mol. The third kappa shape index (κ3) is 2.54. The first-order valence-electron chi connectivity index (χ1n) is 5.96. The molecule has 0 saturated carbocycles. The van der Waals surface area contributed by atoms with Gasteiger partial charge in [0.05, 0.1) is 0 Å². The van der Waals surface area contributed by atoms with Crippen LogP contribution in [0.4, 0.5) is 5.69 Å². The van der Waals surface area contributed by atoms with E-state index >= 15 is 0 Å². The molecule has 2 rings (SSSR count). The van der Waals surface area contributed by atoms with Crippen LogP contribution in [0.3, 0.4) is 0 Å². The third-order valence-electron chi connectivity index (χ3n) is 3.29. The van der Waals surface area contributed by atoms with Gasteiger partial charge < -0.3 is 15.5 Å². The minimum Gasteiger partial charge on any atom is -0.369 e. The molecule has 1 aliphatic rings. The number of rotatable bonds is 2. The fourth-order valence-corrected chi connectivity index (χ4v) is 2.05. The van der Waals surface area contributed by atoms with E-state index in [4.69, 9.17) is 5.73 Å². The number of benzene rings is 1. The average molecular weight is 219 g/mol. The SMILES string of the molecule is CC(N)c1ccc(N2CCN(C)CC2)cc1. The van der Waals surface area contributed by atoms with Crippen LogP contribution in [0, 0.1) is 0 Å². The van der Waals surface area contributed by atoms with Crippen molar-refractivity contribution in [2.45, 2.75) is 13.0 Å². The van der Waals surface area contributed by atoms with Crippen molar-refractivity contribution >= 4 is 5.69 Å². The maximum absolute atomic E-state index is 5.84. The Kier molecular flexibility index (Phi) is 3.46. The van der Waals surface area contributed by atoms with E-state index in [1.165, 1.54) is 11.3 Å². The van der Waals surface area contributed by atoms with Gasteiger partial charge in [0.2, 0.25) is 0 Å². The second-order valence-electron chi connectivity index (χ2n) is 4.67. The molecule has 16 heavy (non-hydrogen) atoms. The van der Waals surface area contributed by atoms with Gasteiger partial charge in [0, 0.05) is 37.9 Å². The van der Waals surface area contributed by atoms with Gasteiger partial charge in [-0.05, 0) is 31.7 Å². The van der Waals surface area contributed by atoms with Gasteiger partial charge in [0.25, 0.3) is 0 Å². The average Bonchev–Trinajstić information content (AvgIpc) is 2.30. The lowest BCUT2D eigenvalue weighted by Gasteiger charge is -2.34. The summed E-state index contributed by atoms with van der Waals surface area (Å²) >= 11 is 0. The summed E-state index contributed by atoms with van der Waals surface area (Å²) < 4.78 is 0. The zero-order valence-corrected chi connectivity index (χ0v) is 10.2. The molecular weight excluding hydrogens is 198 g/mol. The van der Waals surface area contributed by atoms with Crippen molar-refractivity contribution in [2.24, 2.45) is 5.73 Å². The van der Waals surface area contributed by atoms with Gasteiger partial charge >= 0.3 is 0 Å². The molecule has 0 spiro atoms. The molecule has 1 fully saturated rings. The molecule has 0 bridgehead atoms. The van der Waals surface area contributed by atoms with Crippen LogP contribution >= 0.6 is 0 Å². The third-order valence-corrected chi connectivity index (χ3v) is 3.29. The Morgan fingerprint density at radius 2 is 1.62 bits per heavy atom. The van der Waals surface area contributed by atoms with Crippen LogP contribution in [0.25, 0.3) is 0 Å². The monoisotopic (exact) mass is 219 g/mol. The Balaban J connectivity index is 2.04. The molecule has 0 aliphatic carbocycles. The first-order valence-corrected chi connectivity index (χ1v) is 5.96. The highest BCUT2D eigenvalue weighted by Gasteiger charge is 2.13. The Morgan fingerprint density at radius 1 is 1.06 bits per heavy atom. The van der Waals surface area contributed by atoms with E-state index < -0.39 is 0 Å². The zero-order chi connectivity index (χ0) is 11.5. The van der Waals surface area contributed by atoms with Gasteiger partial charge in [-0.15, -0.1) is 0 Å². The quantitative estimate of drug-likeness (QED) is 0.817. The van der Waals surface area contributed by atoms with E-state index in [9.17, 15) is 0 Å². The highest BCUT2D eigenvalue weighted by atomic mass is 15.2. The summed E-state index contributed by atoms with van der Waals surface area (Å²) in [5, 5.41) is 0. The summed E-state index contributed by atoms with van der Waals surface area (Å²) in [6.45, 7) is 6.55. The zero-order valence-electron chi connectivity index (χ0n) is 10.2. The molecule has 1 unspecified atom stereocenters. The van der Waals surface area contributed by atoms with Gasteiger partial charge in [-0.2, -0.15) is 0 Å². The molecule has 3 heteroatoms.